The fourth-order valence-electron chi connectivity index (χ4n) is 6.84. The van der Waals surface area contributed by atoms with Crippen molar-refractivity contribution in [2.75, 3.05) is 6.54 Å². The van der Waals surface area contributed by atoms with E-state index in [0.717, 1.165) is 24.8 Å². The molecule has 0 aromatic heterocycles. The third-order valence-electron chi connectivity index (χ3n) is 9.37. The molecule has 0 saturated heterocycles. The molecule has 39 heavy (non-hydrogen) atoms. The van der Waals surface area contributed by atoms with E-state index in [2.05, 4.69) is 5.32 Å². The number of rotatable bonds is 7. The maximum Gasteiger partial charge on any atom is 0.420 e. The van der Waals surface area contributed by atoms with Crippen LogP contribution in [-0.2, 0) is 17.4 Å². The summed E-state index contributed by atoms with van der Waals surface area (Å²) in [6, 6.07) is 7.71. The molecule has 4 saturated carbocycles. The van der Waals surface area contributed by atoms with Crippen molar-refractivity contribution in [3.05, 3.63) is 41.5 Å². The van der Waals surface area contributed by atoms with Gasteiger partial charge in [0.1, 0.15) is 11.3 Å². The van der Waals surface area contributed by atoms with E-state index in [1.807, 2.05) is 0 Å². The van der Waals surface area contributed by atoms with Crippen LogP contribution in [0, 0.1) is 11.3 Å². The molecule has 0 unspecified atom stereocenters. The highest BCUT2D eigenvalue weighted by molar-refractivity contribution is 5.89. The molecule has 0 heterocycles. The van der Waals surface area contributed by atoms with Crippen molar-refractivity contribution in [2.24, 2.45) is 11.3 Å². The van der Waals surface area contributed by atoms with Crippen LogP contribution in [0.3, 0.4) is 0 Å². The fraction of sp³-hybridized carbons (Fsp3) is 0.621. The van der Waals surface area contributed by atoms with Crippen LogP contribution in [0.5, 0.6) is 5.75 Å². The monoisotopic (exact) mass is 557 g/mol. The third kappa shape index (κ3) is 5.72. The van der Waals surface area contributed by atoms with Gasteiger partial charge in [-0.3, -0.25) is 4.79 Å². The zero-order chi connectivity index (χ0) is 28.1. The van der Waals surface area contributed by atoms with Gasteiger partial charge in [0.2, 0.25) is 0 Å². The maximum atomic E-state index is 14.1. The summed E-state index contributed by atoms with van der Waals surface area (Å²) in [5.41, 5.74) is -0.663. The van der Waals surface area contributed by atoms with Crippen LogP contribution in [0.25, 0.3) is 10.8 Å². The first-order chi connectivity index (χ1) is 18.3. The second-order valence-electron chi connectivity index (χ2n) is 11.7. The number of aliphatic carboxylic acids is 1. The molecular formula is C29H33F6NO3. The van der Waals surface area contributed by atoms with Crippen molar-refractivity contribution in [3.63, 3.8) is 0 Å². The summed E-state index contributed by atoms with van der Waals surface area (Å²) in [6.07, 6.45) is -4.80. The molecule has 2 bridgehead atoms. The van der Waals surface area contributed by atoms with E-state index >= 15 is 0 Å². The minimum Gasteiger partial charge on any atom is -0.490 e. The van der Waals surface area contributed by atoms with Gasteiger partial charge in [-0.2, -0.15) is 26.3 Å². The Balaban J connectivity index is 1.26. The zero-order valence-corrected chi connectivity index (χ0v) is 21.6. The summed E-state index contributed by atoms with van der Waals surface area (Å²) in [6.45, 7) is 0.638. The summed E-state index contributed by atoms with van der Waals surface area (Å²) in [4.78, 5) is 11.7. The molecule has 2 aromatic rings. The molecule has 214 valence electrons. The lowest BCUT2D eigenvalue weighted by Gasteiger charge is -2.51. The summed E-state index contributed by atoms with van der Waals surface area (Å²) in [7, 11) is 0. The van der Waals surface area contributed by atoms with Crippen LogP contribution in [0.1, 0.15) is 75.3 Å². The number of benzene rings is 2. The zero-order valence-electron chi connectivity index (χ0n) is 21.6. The van der Waals surface area contributed by atoms with Crippen LogP contribution < -0.4 is 10.1 Å². The smallest absolute Gasteiger partial charge is 0.420 e. The molecule has 0 atom stereocenters. The van der Waals surface area contributed by atoms with Crippen LogP contribution in [0.15, 0.2) is 30.3 Å². The number of hydrogen-bond donors (Lipinski definition) is 2. The Morgan fingerprint density at radius 1 is 0.923 bits per heavy atom. The predicted octanol–water partition coefficient (Wildman–Crippen LogP) is 7.67. The summed E-state index contributed by atoms with van der Waals surface area (Å²) < 4.78 is 87.0. The average Bonchev–Trinajstić information content (AvgIpc) is 2.88. The van der Waals surface area contributed by atoms with Crippen molar-refractivity contribution in [2.45, 2.75) is 94.6 Å². The lowest BCUT2D eigenvalue weighted by atomic mass is 9.57. The van der Waals surface area contributed by atoms with Crippen LogP contribution in [-0.4, -0.2) is 35.4 Å². The van der Waals surface area contributed by atoms with Gasteiger partial charge in [0.15, 0.2) is 0 Å². The number of alkyl halides is 6. The molecule has 0 amide bonds. The van der Waals surface area contributed by atoms with Crippen molar-refractivity contribution in [1.29, 1.82) is 0 Å². The Morgan fingerprint density at radius 2 is 1.56 bits per heavy atom. The van der Waals surface area contributed by atoms with Gasteiger partial charge in [-0.15, -0.1) is 0 Å². The topological polar surface area (TPSA) is 58.6 Å². The number of carboxylic acid groups (broad SMARTS) is 1. The lowest BCUT2D eigenvalue weighted by molar-refractivity contribution is -0.185. The molecule has 0 radical (unpaired) electrons. The van der Waals surface area contributed by atoms with Crippen molar-refractivity contribution in [3.8, 4) is 5.75 Å². The fourth-order valence-corrected chi connectivity index (χ4v) is 6.84. The molecule has 2 aromatic carbocycles. The van der Waals surface area contributed by atoms with Gasteiger partial charge >= 0.3 is 18.3 Å². The maximum absolute atomic E-state index is 14.1. The molecule has 0 spiro atoms. The van der Waals surface area contributed by atoms with E-state index in [-0.39, 0.29) is 42.4 Å². The number of ether oxygens (including phenoxy) is 1. The van der Waals surface area contributed by atoms with Gasteiger partial charge in [0, 0.05) is 5.54 Å². The Bertz CT molecular complexity index is 1190. The van der Waals surface area contributed by atoms with Crippen molar-refractivity contribution >= 4 is 16.7 Å². The second-order valence-corrected chi connectivity index (χ2v) is 11.7. The number of nitrogens with one attached hydrogen (secondary N) is 1. The van der Waals surface area contributed by atoms with Crippen LogP contribution >= 0.6 is 0 Å². The van der Waals surface area contributed by atoms with Gasteiger partial charge in [0.25, 0.3) is 0 Å². The molecule has 0 aliphatic heterocycles. The molecule has 4 aliphatic rings. The minimum atomic E-state index is -4.69. The highest BCUT2D eigenvalue weighted by Crippen LogP contribution is 2.52. The minimum absolute atomic E-state index is 0.00357. The summed E-state index contributed by atoms with van der Waals surface area (Å²) in [5, 5.41) is 13.6. The molecular weight excluding hydrogens is 524 g/mol. The van der Waals surface area contributed by atoms with E-state index in [4.69, 9.17) is 4.74 Å². The summed E-state index contributed by atoms with van der Waals surface area (Å²) >= 11 is 0. The molecule has 4 fully saturated rings. The average molecular weight is 558 g/mol. The number of carboxylic acids is 1. The highest BCUT2D eigenvalue weighted by atomic mass is 19.4. The van der Waals surface area contributed by atoms with Crippen molar-refractivity contribution < 1.29 is 41.0 Å². The predicted molar refractivity (Wildman–Crippen MR) is 134 cm³/mol. The van der Waals surface area contributed by atoms with Crippen LogP contribution in [0.4, 0.5) is 26.3 Å². The third-order valence-corrected chi connectivity index (χ3v) is 9.37. The molecule has 6 rings (SSSR count). The van der Waals surface area contributed by atoms with Gasteiger partial charge in [-0.05, 0) is 99.6 Å². The largest absolute Gasteiger partial charge is 0.490 e. The van der Waals surface area contributed by atoms with Gasteiger partial charge < -0.3 is 15.2 Å². The molecule has 10 heteroatoms. The van der Waals surface area contributed by atoms with E-state index in [9.17, 15) is 36.2 Å². The number of fused-ring (bicyclic) bond motifs is 4. The molecule has 4 nitrogen and oxygen atoms in total. The summed E-state index contributed by atoms with van der Waals surface area (Å²) in [5.74, 6) is -2.48. The quantitative estimate of drug-likeness (QED) is 0.343. The second kappa shape index (κ2) is 10.2. The van der Waals surface area contributed by atoms with Gasteiger partial charge in [-0.25, -0.2) is 0 Å². The number of carbonyl (C=O) groups is 1. The van der Waals surface area contributed by atoms with E-state index in [1.165, 1.54) is 12.1 Å². The Morgan fingerprint density at radius 3 is 2.13 bits per heavy atom. The number of hydrogen-bond acceptors (Lipinski definition) is 3. The van der Waals surface area contributed by atoms with E-state index < -0.39 is 41.3 Å². The van der Waals surface area contributed by atoms with E-state index in [1.54, 1.807) is 18.2 Å². The number of halogens is 6. The highest BCUT2D eigenvalue weighted by Gasteiger charge is 2.52. The van der Waals surface area contributed by atoms with Gasteiger partial charge in [-0.1, -0.05) is 24.3 Å². The standard InChI is InChI=1S/C29H33F6NO3/c30-28(31,32)20-3-5-21(6-4-20)39-23-8-2-19-17-18(1-7-22(19)24(23)29(33,34)35)9-16-36-27-13-10-26(11-14-27,12-15-27)25(37)38/h1-2,7-8,17,20-21,36H,3-6,9-16H2,(H,37,38). The first-order valence-corrected chi connectivity index (χ1v) is 13.7. The molecule has 2 N–H and O–H groups in total. The Labute approximate surface area is 223 Å². The van der Waals surface area contributed by atoms with Crippen molar-refractivity contribution in [1.82, 2.24) is 5.32 Å². The molecule has 4 aliphatic carbocycles. The SMILES string of the molecule is O=C(O)C12CCC(NCCc3ccc4c(C(F)(F)F)c(OC5CCC(C(F)(F)F)CC5)ccc4c3)(CC1)CC2. The van der Waals surface area contributed by atoms with Gasteiger partial charge in [0.05, 0.1) is 17.4 Å². The first-order valence-electron chi connectivity index (χ1n) is 13.7. The normalized spacial score (nSPS) is 29.5. The van der Waals surface area contributed by atoms with E-state index in [0.29, 0.717) is 37.6 Å². The van der Waals surface area contributed by atoms with Crippen LogP contribution in [0.2, 0.25) is 0 Å². The Kier molecular flexibility index (Phi) is 7.31. The first kappa shape index (κ1) is 28.1. The Hall–Kier alpha value is -2.49. The lowest BCUT2D eigenvalue weighted by Crippen LogP contribution is -2.57.